The van der Waals surface area contributed by atoms with E-state index in [9.17, 15) is 0 Å². The summed E-state index contributed by atoms with van der Waals surface area (Å²) in [6.07, 6.45) is 0. The van der Waals surface area contributed by atoms with E-state index in [1.54, 1.807) is 0 Å². The van der Waals surface area contributed by atoms with Crippen molar-refractivity contribution < 1.29 is 0 Å². The standard InChI is InChI=1S/C18H18N2S/c1-14-10-11-18(21-14)16-7-5-6-15(12-16)13-19-20-17-8-3-2-4-9-17/h2-12,19-20H,13H2,1H3. The zero-order valence-electron chi connectivity index (χ0n) is 12.0. The monoisotopic (exact) mass is 294 g/mol. The Kier molecular flexibility index (Phi) is 4.34. The molecule has 2 aromatic carbocycles. The molecule has 0 radical (unpaired) electrons. The van der Waals surface area contributed by atoms with E-state index in [1.807, 2.05) is 41.7 Å². The summed E-state index contributed by atoms with van der Waals surface area (Å²) in [7, 11) is 0. The van der Waals surface area contributed by atoms with Gasteiger partial charge in [0.15, 0.2) is 0 Å². The number of benzene rings is 2. The van der Waals surface area contributed by atoms with Crippen LogP contribution in [0.1, 0.15) is 10.4 Å². The van der Waals surface area contributed by atoms with Crippen LogP contribution in [0.15, 0.2) is 66.7 Å². The van der Waals surface area contributed by atoms with E-state index in [2.05, 4.69) is 54.2 Å². The molecule has 3 aromatic rings. The van der Waals surface area contributed by atoms with Crippen LogP contribution in [0.3, 0.4) is 0 Å². The Morgan fingerprint density at radius 3 is 2.52 bits per heavy atom. The lowest BCUT2D eigenvalue weighted by molar-refractivity contribution is 0.802. The molecule has 0 atom stereocenters. The number of thiophene rings is 1. The number of hydrogen-bond acceptors (Lipinski definition) is 3. The molecule has 2 N–H and O–H groups in total. The third-order valence-electron chi connectivity index (χ3n) is 3.25. The molecule has 0 aliphatic rings. The maximum Gasteiger partial charge on any atom is 0.0487 e. The predicted octanol–water partition coefficient (Wildman–Crippen LogP) is 4.84. The number of aryl methyl sites for hydroxylation is 1. The van der Waals surface area contributed by atoms with Gasteiger partial charge < -0.3 is 5.43 Å². The first kappa shape index (κ1) is 13.9. The van der Waals surface area contributed by atoms with E-state index < -0.39 is 0 Å². The van der Waals surface area contributed by atoms with Crippen molar-refractivity contribution in [3.05, 3.63) is 77.2 Å². The molecular weight excluding hydrogens is 276 g/mol. The molecule has 0 aliphatic carbocycles. The number of nitrogens with one attached hydrogen (secondary N) is 2. The number of anilines is 1. The van der Waals surface area contributed by atoms with Gasteiger partial charge in [0.2, 0.25) is 0 Å². The number of hydrazine groups is 1. The second-order valence-electron chi connectivity index (χ2n) is 4.96. The van der Waals surface area contributed by atoms with Crippen molar-refractivity contribution in [1.29, 1.82) is 0 Å². The first-order valence-corrected chi connectivity index (χ1v) is 7.82. The van der Waals surface area contributed by atoms with Crippen LogP contribution in [0.5, 0.6) is 0 Å². The predicted molar refractivity (Wildman–Crippen MR) is 91.4 cm³/mol. The lowest BCUT2D eigenvalue weighted by Gasteiger charge is -2.09. The fourth-order valence-electron chi connectivity index (χ4n) is 2.19. The van der Waals surface area contributed by atoms with Gasteiger partial charge in [-0.25, -0.2) is 5.43 Å². The van der Waals surface area contributed by atoms with E-state index in [0.717, 1.165) is 12.2 Å². The molecule has 21 heavy (non-hydrogen) atoms. The van der Waals surface area contributed by atoms with E-state index in [-0.39, 0.29) is 0 Å². The molecule has 3 rings (SSSR count). The summed E-state index contributed by atoms with van der Waals surface area (Å²) in [6, 6.07) is 23.1. The Morgan fingerprint density at radius 1 is 0.905 bits per heavy atom. The molecule has 0 bridgehead atoms. The van der Waals surface area contributed by atoms with Crippen molar-refractivity contribution in [2.24, 2.45) is 0 Å². The summed E-state index contributed by atoms with van der Waals surface area (Å²) in [5, 5.41) is 0. The van der Waals surface area contributed by atoms with E-state index in [4.69, 9.17) is 0 Å². The number of para-hydroxylation sites is 1. The highest BCUT2D eigenvalue weighted by molar-refractivity contribution is 7.15. The van der Waals surface area contributed by atoms with Crippen LogP contribution in [0.25, 0.3) is 10.4 Å². The van der Waals surface area contributed by atoms with Crippen molar-refractivity contribution in [3.63, 3.8) is 0 Å². The Bertz CT molecular complexity index is 704. The van der Waals surface area contributed by atoms with Crippen LogP contribution < -0.4 is 10.9 Å². The van der Waals surface area contributed by atoms with Gasteiger partial charge in [0.25, 0.3) is 0 Å². The second-order valence-corrected chi connectivity index (χ2v) is 6.24. The first-order valence-electron chi connectivity index (χ1n) is 7.01. The van der Waals surface area contributed by atoms with Gasteiger partial charge in [-0.15, -0.1) is 11.3 Å². The van der Waals surface area contributed by atoms with Gasteiger partial charge in [0.1, 0.15) is 0 Å². The SMILES string of the molecule is Cc1ccc(-c2cccc(CNNc3ccccc3)c2)s1. The van der Waals surface area contributed by atoms with E-state index >= 15 is 0 Å². The summed E-state index contributed by atoms with van der Waals surface area (Å²) >= 11 is 1.83. The zero-order valence-corrected chi connectivity index (χ0v) is 12.8. The quantitative estimate of drug-likeness (QED) is 0.658. The van der Waals surface area contributed by atoms with Gasteiger partial charge in [0, 0.05) is 22.0 Å². The van der Waals surface area contributed by atoms with Crippen LogP contribution in [0.4, 0.5) is 5.69 Å². The maximum atomic E-state index is 3.26. The second kappa shape index (κ2) is 6.57. The molecule has 106 valence electrons. The first-order chi connectivity index (χ1) is 10.3. The molecule has 0 spiro atoms. The molecule has 0 fully saturated rings. The molecule has 0 saturated heterocycles. The largest absolute Gasteiger partial charge is 0.321 e. The highest BCUT2D eigenvalue weighted by atomic mass is 32.1. The molecule has 0 amide bonds. The van der Waals surface area contributed by atoms with E-state index in [1.165, 1.54) is 20.9 Å². The Morgan fingerprint density at radius 2 is 1.76 bits per heavy atom. The highest BCUT2D eigenvalue weighted by Gasteiger charge is 2.01. The third kappa shape index (κ3) is 3.72. The van der Waals surface area contributed by atoms with Crippen molar-refractivity contribution in [1.82, 2.24) is 5.43 Å². The topological polar surface area (TPSA) is 24.1 Å². The van der Waals surface area contributed by atoms with Crippen LogP contribution in [0, 0.1) is 6.92 Å². The number of hydrogen-bond donors (Lipinski definition) is 2. The molecule has 0 unspecified atom stereocenters. The van der Waals surface area contributed by atoms with Crippen LogP contribution in [-0.2, 0) is 6.54 Å². The Labute approximate surface area is 129 Å². The lowest BCUT2D eigenvalue weighted by atomic mass is 10.1. The summed E-state index contributed by atoms with van der Waals surface area (Å²) < 4.78 is 0. The highest BCUT2D eigenvalue weighted by Crippen LogP contribution is 2.28. The summed E-state index contributed by atoms with van der Waals surface area (Å²) in [4.78, 5) is 2.67. The normalized spacial score (nSPS) is 10.5. The molecule has 0 saturated carbocycles. The molecule has 1 heterocycles. The van der Waals surface area contributed by atoms with Gasteiger partial charge in [0.05, 0.1) is 0 Å². The minimum atomic E-state index is 0.785. The lowest BCUT2D eigenvalue weighted by Crippen LogP contribution is -2.20. The van der Waals surface area contributed by atoms with Crippen molar-refractivity contribution in [2.75, 3.05) is 5.43 Å². The molecule has 2 nitrogen and oxygen atoms in total. The average molecular weight is 294 g/mol. The summed E-state index contributed by atoms with van der Waals surface area (Å²) in [5.41, 5.74) is 10.1. The van der Waals surface area contributed by atoms with Crippen LogP contribution in [-0.4, -0.2) is 0 Å². The van der Waals surface area contributed by atoms with Crippen LogP contribution in [0.2, 0.25) is 0 Å². The average Bonchev–Trinajstić information content (AvgIpc) is 2.95. The van der Waals surface area contributed by atoms with Crippen molar-refractivity contribution in [2.45, 2.75) is 13.5 Å². The molecule has 0 aliphatic heterocycles. The number of rotatable bonds is 5. The smallest absolute Gasteiger partial charge is 0.0487 e. The molecular formula is C18H18N2S. The maximum absolute atomic E-state index is 3.26. The van der Waals surface area contributed by atoms with Gasteiger partial charge in [-0.2, -0.15) is 0 Å². The third-order valence-corrected chi connectivity index (χ3v) is 4.30. The van der Waals surface area contributed by atoms with Gasteiger partial charge in [-0.05, 0) is 48.4 Å². The Hall–Kier alpha value is -2.10. The fraction of sp³-hybridized carbons (Fsp3) is 0.111. The van der Waals surface area contributed by atoms with Gasteiger partial charge >= 0.3 is 0 Å². The minimum absolute atomic E-state index is 0.785. The molecule has 3 heteroatoms. The van der Waals surface area contributed by atoms with E-state index in [0.29, 0.717) is 0 Å². The molecule has 1 aromatic heterocycles. The van der Waals surface area contributed by atoms with Gasteiger partial charge in [-0.1, -0.05) is 36.4 Å². The Balaban J connectivity index is 1.64. The minimum Gasteiger partial charge on any atom is -0.321 e. The van der Waals surface area contributed by atoms with Gasteiger partial charge in [-0.3, -0.25) is 0 Å². The van der Waals surface area contributed by atoms with Crippen LogP contribution >= 0.6 is 11.3 Å². The summed E-state index contributed by atoms with van der Waals surface area (Å²) in [5.74, 6) is 0. The summed E-state index contributed by atoms with van der Waals surface area (Å²) in [6.45, 7) is 2.93. The fourth-order valence-corrected chi connectivity index (χ4v) is 3.06. The van der Waals surface area contributed by atoms with Crippen molar-refractivity contribution in [3.8, 4) is 10.4 Å². The zero-order chi connectivity index (χ0) is 14.5. The van der Waals surface area contributed by atoms with Crippen molar-refractivity contribution >= 4 is 17.0 Å².